The van der Waals surface area contributed by atoms with E-state index in [9.17, 15) is 0 Å². The van der Waals surface area contributed by atoms with Crippen molar-refractivity contribution in [3.05, 3.63) is 29.8 Å². The highest BCUT2D eigenvalue weighted by molar-refractivity contribution is 5.78. The highest BCUT2D eigenvalue weighted by Crippen LogP contribution is 2.12. The fourth-order valence-electron chi connectivity index (χ4n) is 1.68. The second-order valence-electron chi connectivity index (χ2n) is 4.67. The monoisotopic (exact) mass is 263 g/mol. The molecule has 0 saturated heterocycles. The van der Waals surface area contributed by atoms with Gasteiger partial charge in [-0.2, -0.15) is 0 Å². The number of guanidine groups is 1. The number of hydrogen-bond acceptors (Lipinski definition) is 2. The third-order valence-corrected chi connectivity index (χ3v) is 3.07. The number of nitrogens with one attached hydrogen (secondary N) is 1. The standard InChI is InChI=1S/C15H25N3O/c1-4-12(2)18-15(16)17-11-5-6-13-7-9-14(19-3)10-8-13/h7-10,12H,4-6,11H2,1-3H3,(H3,16,17,18). The van der Waals surface area contributed by atoms with Gasteiger partial charge in [-0.15, -0.1) is 0 Å². The predicted molar refractivity (Wildman–Crippen MR) is 80.7 cm³/mol. The number of benzene rings is 1. The summed E-state index contributed by atoms with van der Waals surface area (Å²) in [6.07, 6.45) is 3.04. The largest absolute Gasteiger partial charge is 0.497 e. The lowest BCUT2D eigenvalue weighted by atomic mass is 10.1. The molecule has 0 heterocycles. The predicted octanol–water partition coefficient (Wildman–Crippen LogP) is 2.33. The Bertz CT molecular complexity index is 387. The molecule has 0 aliphatic carbocycles. The fraction of sp³-hybridized carbons (Fsp3) is 0.533. The molecule has 0 radical (unpaired) electrons. The molecule has 3 N–H and O–H groups in total. The van der Waals surface area contributed by atoms with Gasteiger partial charge in [0.2, 0.25) is 0 Å². The van der Waals surface area contributed by atoms with Crippen molar-refractivity contribution in [3.63, 3.8) is 0 Å². The van der Waals surface area contributed by atoms with E-state index in [0.29, 0.717) is 12.0 Å². The molecule has 1 aromatic rings. The molecule has 1 rings (SSSR count). The van der Waals surface area contributed by atoms with Crippen LogP contribution >= 0.6 is 0 Å². The molecule has 0 saturated carbocycles. The second-order valence-corrected chi connectivity index (χ2v) is 4.67. The molecule has 4 heteroatoms. The molecule has 0 aliphatic rings. The van der Waals surface area contributed by atoms with Gasteiger partial charge in [0.1, 0.15) is 5.75 Å². The maximum atomic E-state index is 5.79. The summed E-state index contributed by atoms with van der Waals surface area (Å²) in [7, 11) is 1.68. The third kappa shape index (κ3) is 6.13. The molecular weight excluding hydrogens is 238 g/mol. The van der Waals surface area contributed by atoms with Crippen LogP contribution in [0.15, 0.2) is 29.3 Å². The Morgan fingerprint density at radius 2 is 2.05 bits per heavy atom. The van der Waals surface area contributed by atoms with Crippen molar-refractivity contribution in [2.24, 2.45) is 10.7 Å². The first-order valence-corrected chi connectivity index (χ1v) is 6.85. The molecule has 1 aromatic carbocycles. The fourth-order valence-corrected chi connectivity index (χ4v) is 1.68. The van der Waals surface area contributed by atoms with E-state index in [1.54, 1.807) is 7.11 Å². The lowest BCUT2D eigenvalue weighted by Gasteiger charge is -2.11. The van der Waals surface area contributed by atoms with Crippen molar-refractivity contribution >= 4 is 5.96 Å². The minimum atomic E-state index is 0.380. The summed E-state index contributed by atoms with van der Waals surface area (Å²) in [6, 6.07) is 8.52. The minimum absolute atomic E-state index is 0.380. The average Bonchev–Trinajstić information content (AvgIpc) is 2.44. The molecule has 0 fully saturated rings. The van der Waals surface area contributed by atoms with Gasteiger partial charge in [0.15, 0.2) is 5.96 Å². The van der Waals surface area contributed by atoms with Gasteiger partial charge in [0.05, 0.1) is 7.11 Å². The molecule has 4 nitrogen and oxygen atoms in total. The Kier molecular flexibility index (Phi) is 6.79. The summed E-state index contributed by atoms with van der Waals surface area (Å²) in [4.78, 5) is 4.32. The summed E-state index contributed by atoms with van der Waals surface area (Å²) in [6.45, 7) is 4.97. The molecule has 0 bridgehead atoms. The molecule has 0 amide bonds. The van der Waals surface area contributed by atoms with Crippen LogP contribution in [0.5, 0.6) is 5.75 Å². The molecule has 0 aliphatic heterocycles. The number of aliphatic imine (C=N–C) groups is 1. The maximum absolute atomic E-state index is 5.79. The summed E-state index contributed by atoms with van der Waals surface area (Å²) >= 11 is 0. The van der Waals surface area contributed by atoms with Crippen molar-refractivity contribution in [2.45, 2.75) is 39.2 Å². The van der Waals surface area contributed by atoms with E-state index in [-0.39, 0.29) is 0 Å². The Morgan fingerprint density at radius 3 is 2.63 bits per heavy atom. The Hall–Kier alpha value is -1.71. The second kappa shape index (κ2) is 8.40. The Morgan fingerprint density at radius 1 is 1.37 bits per heavy atom. The number of rotatable bonds is 7. The highest BCUT2D eigenvalue weighted by Gasteiger charge is 1.99. The van der Waals surface area contributed by atoms with E-state index < -0.39 is 0 Å². The number of ether oxygens (including phenoxy) is 1. The van der Waals surface area contributed by atoms with Gasteiger partial charge in [-0.05, 0) is 43.9 Å². The van der Waals surface area contributed by atoms with E-state index in [0.717, 1.165) is 31.6 Å². The van der Waals surface area contributed by atoms with Crippen LogP contribution in [-0.4, -0.2) is 25.7 Å². The van der Waals surface area contributed by atoms with E-state index in [4.69, 9.17) is 10.5 Å². The molecule has 1 unspecified atom stereocenters. The van der Waals surface area contributed by atoms with Crippen molar-refractivity contribution in [1.82, 2.24) is 5.32 Å². The van der Waals surface area contributed by atoms with E-state index in [1.165, 1.54) is 5.56 Å². The molecule has 19 heavy (non-hydrogen) atoms. The van der Waals surface area contributed by atoms with Crippen molar-refractivity contribution in [3.8, 4) is 5.75 Å². The van der Waals surface area contributed by atoms with Gasteiger partial charge in [0.25, 0.3) is 0 Å². The van der Waals surface area contributed by atoms with Crippen LogP contribution in [0.1, 0.15) is 32.3 Å². The van der Waals surface area contributed by atoms with Crippen LogP contribution in [0, 0.1) is 0 Å². The van der Waals surface area contributed by atoms with Crippen molar-refractivity contribution < 1.29 is 4.74 Å². The van der Waals surface area contributed by atoms with E-state index in [2.05, 4.69) is 36.3 Å². The molecule has 1 atom stereocenters. The summed E-state index contributed by atoms with van der Waals surface area (Å²) in [5.74, 6) is 1.44. The SMILES string of the molecule is CCC(C)NC(N)=NCCCc1ccc(OC)cc1. The minimum Gasteiger partial charge on any atom is -0.497 e. The van der Waals surface area contributed by atoms with Gasteiger partial charge >= 0.3 is 0 Å². The van der Waals surface area contributed by atoms with Crippen LogP contribution in [0.4, 0.5) is 0 Å². The van der Waals surface area contributed by atoms with Crippen LogP contribution in [0.3, 0.4) is 0 Å². The van der Waals surface area contributed by atoms with E-state index >= 15 is 0 Å². The zero-order chi connectivity index (χ0) is 14.1. The number of nitrogens with zero attached hydrogens (tertiary/aromatic N) is 1. The lowest BCUT2D eigenvalue weighted by molar-refractivity contribution is 0.414. The molecule has 0 spiro atoms. The number of nitrogens with two attached hydrogens (primary N) is 1. The van der Waals surface area contributed by atoms with Crippen molar-refractivity contribution in [2.75, 3.05) is 13.7 Å². The average molecular weight is 263 g/mol. The van der Waals surface area contributed by atoms with Gasteiger partial charge < -0.3 is 15.8 Å². The van der Waals surface area contributed by atoms with Crippen LogP contribution in [-0.2, 0) is 6.42 Å². The van der Waals surface area contributed by atoms with Gasteiger partial charge in [0, 0.05) is 12.6 Å². The zero-order valence-corrected chi connectivity index (χ0v) is 12.1. The summed E-state index contributed by atoms with van der Waals surface area (Å²) in [5.41, 5.74) is 7.09. The third-order valence-electron chi connectivity index (χ3n) is 3.07. The van der Waals surface area contributed by atoms with Gasteiger partial charge in [-0.3, -0.25) is 4.99 Å². The van der Waals surface area contributed by atoms with Crippen molar-refractivity contribution in [1.29, 1.82) is 0 Å². The smallest absolute Gasteiger partial charge is 0.188 e. The number of aryl methyl sites for hydroxylation is 1. The maximum Gasteiger partial charge on any atom is 0.188 e. The summed E-state index contributed by atoms with van der Waals surface area (Å²) < 4.78 is 5.13. The van der Waals surface area contributed by atoms with Crippen LogP contribution in [0.2, 0.25) is 0 Å². The molecule has 106 valence electrons. The summed E-state index contributed by atoms with van der Waals surface area (Å²) in [5, 5.41) is 3.15. The van der Waals surface area contributed by atoms with Crippen LogP contribution in [0.25, 0.3) is 0 Å². The molecular formula is C15H25N3O. The molecule has 0 aromatic heterocycles. The number of hydrogen-bond donors (Lipinski definition) is 2. The highest BCUT2D eigenvalue weighted by atomic mass is 16.5. The zero-order valence-electron chi connectivity index (χ0n) is 12.1. The Labute approximate surface area is 116 Å². The first-order valence-electron chi connectivity index (χ1n) is 6.85. The van der Waals surface area contributed by atoms with Gasteiger partial charge in [-0.25, -0.2) is 0 Å². The first-order chi connectivity index (χ1) is 9.15. The topological polar surface area (TPSA) is 59.6 Å². The van der Waals surface area contributed by atoms with Crippen LogP contribution < -0.4 is 15.8 Å². The number of methoxy groups -OCH3 is 1. The first kappa shape index (κ1) is 15.3. The Balaban J connectivity index is 2.27. The lowest BCUT2D eigenvalue weighted by Crippen LogP contribution is -2.38. The van der Waals surface area contributed by atoms with Gasteiger partial charge in [-0.1, -0.05) is 19.1 Å². The quantitative estimate of drug-likeness (QED) is 0.451. The van der Waals surface area contributed by atoms with E-state index in [1.807, 2.05) is 12.1 Å². The normalized spacial score (nSPS) is 13.1.